The van der Waals surface area contributed by atoms with E-state index in [4.69, 9.17) is 9.47 Å². The van der Waals surface area contributed by atoms with Crippen molar-refractivity contribution in [3.63, 3.8) is 0 Å². The van der Waals surface area contributed by atoms with E-state index < -0.39 is 27.0 Å². The fraction of sp³-hybridized carbons (Fsp3) is 0.400. The van der Waals surface area contributed by atoms with Crippen LogP contribution in [0.5, 0.6) is 0 Å². The molecule has 0 aliphatic rings. The molecule has 126 valence electrons. The number of esters is 2. The van der Waals surface area contributed by atoms with Crippen LogP contribution in [0.2, 0.25) is 0 Å². The minimum atomic E-state index is -3.68. The molecule has 0 radical (unpaired) electrons. The van der Waals surface area contributed by atoms with E-state index in [-0.39, 0.29) is 13.2 Å². The fourth-order valence-corrected chi connectivity index (χ4v) is 2.32. The van der Waals surface area contributed by atoms with Crippen molar-refractivity contribution in [2.75, 3.05) is 19.5 Å². The number of ether oxygens (including phenoxy) is 2. The maximum absolute atomic E-state index is 11.7. The minimum absolute atomic E-state index is 0.0763. The molecule has 0 aromatic heterocycles. The highest BCUT2D eigenvalue weighted by atomic mass is 32.2. The van der Waals surface area contributed by atoms with Crippen LogP contribution in [0, 0.1) is 0 Å². The van der Waals surface area contributed by atoms with E-state index in [9.17, 15) is 18.0 Å². The topological polar surface area (TPSA) is 99.1 Å². The lowest BCUT2D eigenvalue weighted by atomic mass is 10.2. The van der Waals surface area contributed by atoms with E-state index >= 15 is 0 Å². The van der Waals surface area contributed by atoms with Gasteiger partial charge in [-0.15, -0.1) is 0 Å². The smallest absolute Gasteiger partial charge is 0.338 e. The highest BCUT2D eigenvalue weighted by Gasteiger charge is 2.28. The number of nitrogens with zero attached hydrogens (tertiary/aromatic N) is 1. The zero-order valence-corrected chi connectivity index (χ0v) is 14.0. The van der Waals surface area contributed by atoms with Gasteiger partial charge in [0.05, 0.1) is 24.5 Å². The molecule has 8 heteroatoms. The first-order chi connectivity index (χ1) is 10.8. The maximum Gasteiger partial charge on any atom is 0.338 e. The second kappa shape index (κ2) is 8.42. The number of aliphatic imine (C=N–C) groups is 1. The van der Waals surface area contributed by atoms with Crippen LogP contribution in [0.15, 0.2) is 29.3 Å². The zero-order chi connectivity index (χ0) is 17.5. The van der Waals surface area contributed by atoms with Gasteiger partial charge in [0.15, 0.2) is 15.1 Å². The second-order valence-corrected chi connectivity index (χ2v) is 6.71. The molecule has 1 rings (SSSR count). The third-order valence-corrected chi connectivity index (χ3v) is 3.95. The van der Waals surface area contributed by atoms with Gasteiger partial charge in [-0.25, -0.2) is 13.2 Å². The summed E-state index contributed by atoms with van der Waals surface area (Å²) in [6, 6.07) is 6.05. The van der Waals surface area contributed by atoms with Crippen LogP contribution in [0.4, 0.5) is 5.69 Å². The van der Waals surface area contributed by atoms with Gasteiger partial charge in [0.25, 0.3) is 0 Å². The summed E-state index contributed by atoms with van der Waals surface area (Å²) in [5, 5.41) is -1.47. The number of hydrogen-bond donors (Lipinski definition) is 0. The SMILES string of the molecule is CCOC(=O)c1ccc(N=CC(C(=O)OCC)S(C)(=O)=O)cc1. The van der Waals surface area contributed by atoms with E-state index in [1.807, 2.05) is 0 Å². The van der Waals surface area contributed by atoms with Crippen LogP contribution < -0.4 is 0 Å². The molecule has 0 N–H and O–H groups in total. The van der Waals surface area contributed by atoms with Crippen molar-refractivity contribution >= 4 is 33.7 Å². The van der Waals surface area contributed by atoms with Crippen LogP contribution in [-0.4, -0.2) is 51.3 Å². The molecular formula is C15H19NO6S. The summed E-state index contributed by atoms with van der Waals surface area (Å²) in [4.78, 5) is 27.2. The van der Waals surface area contributed by atoms with Crippen molar-refractivity contribution < 1.29 is 27.5 Å². The Bertz CT molecular complexity index is 678. The Kier molecular flexibility index (Phi) is 6.89. The molecule has 0 saturated carbocycles. The fourth-order valence-electron chi connectivity index (χ4n) is 1.62. The molecule has 0 saturated heterocycles. The molecule has 0 bridgehead atoms. The van der Waals surface area contributed by atoms with Crippen LogP contribution in [0.3, 0.4) is 0 Å². The van der Waals surface area contributed by atoms with Gasteiger partial charge in [-0.3, -0.25) is 9.79 Å². The highest BCUT2D eigenvalue weighted by Crippen LogP contribution is 2.14. The van der Waals surface area contributed by atoms with Gasteiger partial charge < -0.3 is 9.47 Å². The van der Waals surface area contributed by atoms with Crippen molar-refractivity contribution in [2.24, 2.45) is 4.99 Å². The number of benzene rings is 1. The van der Waals surface area contributed by atoms with Gasteiger partial charge in [-0.05, 0) is 38.1 Å². The lowest BCUT2D eigenvalue weighted by molar-refractivity contribution is -0.141. The van der Waals surface area contributed by atoms with Crippen LogP contribution in [0.1, 0.15) is 24.2 Å². The van der Waals surface area contributed by atoms with Crippen molar-refractivity contribution in [1.82, 2.24) is 0 Å². The maximum atomic E-state index is 11.7. The number of hydrogen-bond acceptors (Lipinski definition) is 7. The molecule has 1 atom stereocenters. The molecule has 7 nitrogen and oxygen atoms in total. The van der Waals surface area contributed by atoms with Crippen LogP contribution in [-0.2, 0) is 24.1 Å². The van der Waals surface area contributed by atoms with Crippen LogP contribution in [0.25, 0.3) is 0 Å². The first kappa shape index (κ1) is 18.8. The summed E-state index contributed by atoms with van der Waals surface area (Å²) < 4.78 is 32.8. The molecule has 23 heavy (non-hydrogen) atoms. The number of rotatable bonds is 7. The molecule has 1 aromatic rings. The third kappa shape index (κ3) is 5.82. The molecule has 0 aliphatic carbocycles. The van der Waals surface area contributed by atoms with Gasteiger partial charge in [0.1, 0.15) is 0 Å². The highest BCUT2D eigenvalue weighted by molar-refractivity contribution is 7.92. The Morgan fingerprint density at radius 1 is 1.13 bits per heavy atom. The Hall–Kier alpha value is -2.22. The average molecular weight is 341 g/mol. The Morgan fingerprint density at radius 3 is 2.17 bits per heavy atom. The first-order valence-electron chi connectivity index (χ1n) is 6.96. The Balaban J connectivity index is 2.93. The molecule has 0 fully saturated rings. The van der Waals surface area contributed by atoms with Gasteiger partial charge in [-0.1, -0.05) is 0 Å². The van der Waals surface area contributed by atoms with E-state index in [1.54, 1.807) is 13.8 Å². The molecule has 0 heterocycles. The summed E-state index contributed by atoms with van der Waals surface area (Å²) in [7, 11) is -3.68. The molecule has 0 amide bonds. The normalized spacial score (nSPS) is 12.8. The Morgan fingerprint density at radius 2 is 1.70 bits per heavy atom. The summed E-state index contributed by atoms with van der Waals surface area (Å²) in [6.07, 6.45) is 1.96. The lowest BCUT2D eigenvalue weighted by Gasteiger charge is -2.08. The van der Waals surface area contributed by atoms with Crippen molar-refractivity contribution in [3.05, 3.63) is 29.8 Å². The summed E-state index contributed by atoms with van der Waals surface area (Å²) >= 11 is 0. The van der Waals surface area contributed by atoms with Gasteiger partial charge in [0.2, 0.25) is 0 Å². The largest absolute Gasteiger partial charge is 0.465 e. The predicted octanol–water partition coefficient (Wildman–Crippen LogP) is 1.54. The molecular weight excluding hydrogens is 322 g/mol. The number of carbonyl (C=O) groups is 2. The zero-order valence-electron chi connectivity index (χ0n) is 13.2. The van der Waals surface area contributed by atoms with Crippen LogP contribution >= 0.6 is 0 Å². The third-order valence-electron chi connectivity index (χ3n) is 2.72. The Labute approximate surface area is 135 Å². The molecule has 0 aliphatic heterocycles. The molecule has 0 spiro atoms. The summed E-state index contributed by atoms with van der Waals surface area (Å²) in [6.45, 7) is 3.64. The first-order valence-corrected chi connectivity index (χ1v) is 8.92. The molecule has 1 unspecified atom stereocenters. The van der Waals surface area contributed by atoms with E-state index in [0.29, 0.717) is 11.3 Å². The van der Waals surface area contributed by atoms with Gasteiger partial charge in [-0.2, -0.15) is 0 Å². The molecule has 1 aromatic carbocycles. The summed E-state index contributed by atoms with van der Waals surface area (Å²) in [5.74, 6) is -1.33. The van der Waals surface area contributed by atoms with Gasteiger partial charge >= 0.3 is 11.9 Å². The second-order valence-electron chi connectivity index (χ2n) is 4.55. The van der Waals surface area contributed by atoms with E-state index in [2.05, 4.69) is 4.99 Å². The number of carbonyl (C=O) groups excluding carboxylic acids is 2. The number of sulfone groups is 1. The lowest BCUT2D eigenvalue weighted by Crippen LogP contribution is -2.32. The quantitative estimate of drug-likeness (QED) is 0.551. The predicted molar refractivity (Wildman–Crippen MR) is 85.8 cm³/mol. The summed E-state index contributed by atoms with van der Waals surface area (Å²) in [5.41, 5.74) is 0.756. The van der Waals surface area contributed by atoms with Crippen molar-refractivity contribution in [2.45, 2.75) is 19.1 Å². The van der Waals surface area contributed by atoms with Gasteiger partial charge in [0, 0.05) is 12.5 Å². The minimum Gasteiger partial charge on any atom is -0.465 e. The average Bonchev–Trinajstić information content (AvgIpc) is 2.47. The standard InChI is InChI=1S/C15H19NO6S/c1-4-21-14(17)11-6-8-12(9-7-11)16-10-13(23(3,19)20)15(18)22-5-2/h6-10,13H,4-5H2,1-3H3. The van der Waals surface area contributed by atoms with E-state index in [0.717, 1.165) is 12.5 Å². The van der Waals surface area contributed by atoms with Crippen molar-refractivity contribution in [1.29, 1.82) is 0 Å². The van der Waals surface area contributed by atoms with E-state index in [1.165, 1.54) is 24.3 Å². The monoisotopic (exact) mass is 341 g/mol. The van der Waals surface area contributed by atoms with Crippen molar-refractivity contribution in [3.8, 4) is 0 Å².